The summed E-state index contributed by atoms with van der Waals surface area (Å²) in [6.07, 6.45) is 4.72. The lowest BCUT2D eigenvalue weighted by molar-refractivity contribution is 0.0192. The minimum atomic E-state index is -0.570. The second-order valence-corrected chi connectivity index (χ2v) is 4.04. The van der Waals surface area contributed by atoms with Gasteiger partial charge in [-0.1, -0.05) is 0 Å². The molecule has 0 amide bonds. The topological polar surface area (TPSA) is 55.2 Å². The number of aliphatic hydroxyl groups excluding tert-OH is 1. The van der Waals surface area contributed by atoms with Crippen LogP contribution in [0.15, 0.2) is 42.9 Å². The molecular weight excluding hydrogens is 216 g/mol. The minimum Gasteiger partial charge on any atom is -0.481 e. The number of aromatic nitrogens is 2. The molecule has 0 aliphatic carbocycles. The first-order valence-corrected chi connectivity index (χ1v) is 5.53. The predicted octanol–water partition coefficient (Wildman–Crippen LogP) is 1.51. The van der Waals surface area contributed by atoms with E-state index in [2.05, 4.69) is 9.97 Å². The third-order valence-corrected chi connectivity index (χ3v) is 2.89. The van der Waals surface area contributed by atoms with Gasteiger partial charge in [-0.15, -0.1) is 0 Å². The zero-order chi connectivity index (χ0) is 11.7. The normalized spacial score (nSPS) is 22.6. The maximum absolute atomic E-state index is 10.1. The average molecular weight is 228 g/mol. The van der Waals surface area contributed by atoms with Gasteiger partial charge in [-0.3, -0.25) is 9.97 Å². The molecule has 3 rings (SSSR count). The molecule has 1 N–H and O–H groups in total. The summed E-state index contributed by atoms with van der Waals surface area (Å²) in [5, 5.41) is 10.1. The highest BCUT2D eigenvalue weighted by molar-refractivity contribution is 5.32. The number of hydrogen-bond acceptors (Lipinski definition) is 4. The smallest absolute Gasteiger partial charge is 0.150 e. The van der Waals surface area contributed by atoms with E-state index in [9.17, 15) is 5.11 Å². The molecule has 1 aliphatic rings. The molecule has 0 bridgehead atoms. The third-order valence-electron chi connectivity index (χ3n) is 2.89. The quantitative estimate of drug-likeness (QED) is 0.804. The Morgan fingerprint density at radius 2 is 2.00 bits per heavy atom. The second kappa shape index (κ2) is 4.14. The molecule has 2 aromatic heterocycles. The van der Waals surface area contributed by atoms with Gasteiger partial charge in [0.15, 0.2) is 6.10 Å². The fourth-order valence-corrected chi connectivity index (χ4v) is 2.05. The number of pyridine rings is 2. The first kappa shape index (κ1) is 10.2. The molecule has 2 unspecified atom stereocenters. The van der Waals surface area contributed by atoms with Crippen molar-refractivity contribution in [3.63, 3.8) is 0 Å². The van der Waals surface area contributed by atoms with E-state index in [1.54, 1.807) is 18.6 Å². The van der Waals surface area contributed by atoms with Crippen molar-refractivity contribution in [2.75, 3.05) is 0 Å². The van der Waals surface area contributed by atoms with E-state index in [0.717, 1.165) is 17.0 Å². The van der Waals surface area contributed by atoms with E-state index < -0.39 is 6.10 Å². The van der Waals surface area contributed by atoms with Crippen molar-refractivity contribution in [1.82, 2.24) is 9.97 Å². The molecule has 4 heteroatoms. The van der Waals surface area contributed by atoms with Crippen LogP contribution in [-0.4, -0.2) is 21.2 Å². The van der Waals surface area contributed by atoms with Crippen LogP contribution in [0.1, 0.15) is 17.4 Å². The van der Waals surface area contributed by atoms with Crippen LogP contribution < -0.4 is 4.74 Å². The summed E-state index contributed by atoms with van der Waals surface area (Å²) >= 11 is 0. The van der Waals surface area contributed by atoms with Crippen LogP contribution in [0, 0.1) is 0 Å². The van der Waals surface area contributed by atoms with Crippen LogP contribution in [0.3, 0.4) is 0 Å². The number of hydrogen-bond donors (Lipinski definition) is 1. The Morgan fingerprint density at radius 1 is 1.18 bits per heavy atom. The summed E-state index contributed by atoms with van der Waals surface area (Å²) in [6.45, 7) is 0. The highest BCUT2D eigenvalue weighted by Crippen LogP contribution is 2.33. The standard InChI is InChI=1S/C13H12N2O2/c16-11-8-10-12(2-1-5-15-10)17-13(11)9-3-6-14-7-4-9/h1-7,11,13,16H,8H2. The molecule has 0 aromatic carbocycles. The van der Waals surface area contributed by atoms with Crippen LogP contribution >= 0.6 is 0 Å². The first-order valence-electron chi connectivity index (χ1n) is 5.53. The highest BCUT2D eigenvalue weighted by Gasteiger charge is 2.30. The number of nitrogens with zero attached hydrogens (tertiary/aromatic N) is 2. The van der Waals surface area contributed by atoms with Crippen molar-refractivity contribution in [2.45, 2.75) is 18.6 Å². The largest absolute Gasteiger partial charge is 0.481 e. The van der Waals surface area contributed by atoms with Crippen molar-refractivity contribution in [3.05, 3.63) is 54.1 Å². The molecule has 0 spiro atoms. The number of aliphatic hydroxyl groups is 1. The van der Waals surface area contributed by atoms with Crippen molar-refractivity contribution in [2.24, 2.45) is 0 Å². The Balaban J connectivity index is 1.95. The summed E-state index contributed by atoms with van der Waals surface area (Å²) in [7, 11) is 0. The van der Waals surface area contributed by atoms with Crippen molar-refractivity contribution >= 4 is 0 Å². The zero-order valence-corrected chi connectivity index (χ0v) is 9.15. The Kier molecular flexibility index (Phi) is 2.49. The number of fused-ring (bicyclic) bond motifs is 1. The van der Waals surface area contributed by atoms with Gasteiger partial charge in [0.1, 0.15) is 11.9 Å². The van der Waals surface area contributed by atoms with Crippen LogP contribution in [0.5, 0.6) is 5.75 Å². The van der Waals surface area contributed by atoms with Crippen molar-refractivity contribution in [1.29, 1.82) is 0 Å². The summed E-state index contributed by atoms with van der Waals surface area (Å²) < 4.78 is 5.79. The fourth-order valence-electron chi connectivity index (χ4n) is 2.05. The number of rotatable bonds is 1. The van der Waals surface area contributed by atoms with Crippen LogP contribution in [-0.2, 0) is 6.42 Å². The third kappa shape index (κ3) is 1.87. The monoisotopic (exact) mass is 228 g/mol. The molecular formula is C13H12N2O2. The highest BCUT2D eigenvalue weighted by atomic mass is 16.5. The van der Waals surface area contributed by atoms with E-state index in [1.165, 1.54) is 0 Å². The lowest BCUT2D eigenvalue weighted by atomic mass is 9.98. The van der Waals surface area contributed by atoms with E-state index in [-0.39, 0.29) is 6.10 Å². The van der Waals surface area contributed by atoms with Crippen molar-refractivity contribution in [3.8, 4) is 5.75 Å². The van der Waals surface area contributed by atoms with Gasteiger partial charge in [0.2, 0.25) is 0 Å². The van der Waals surface area contributed by atoms with Crippen molar-refractivity contribution < 1.29 is 9.84 Å². The summed E-state index contributed by atoms with van der Waals surface area (Å²) in [6, 6.07) is 7.42. The first-order chi connectivity index (χ1) is 8.34. The second-order valence-electron chi connectivity index (χ2n) is 4.04. The Morgan fingerprint density at radius 3 is 2.82 bits per heavy atom. The Bertz CT molecular complexity index is 516. The molecule has 0 fully saturated rings. The minimum absolute atomic E-state index is 0.338. The lowest BCUT2D eigenvalue weighted by Crippen LogP contribution is -2.30. The van der Waals surface area contributed by atoms with Gasteiger partial charge in [-0.2, -0.15) is 0 Å². The van der Waals surface area contributed by atoms with E-state index in [1.807, 2.05) is 24.3 Å². The van der Waals surface area contributed by atoms with Crippen LogP contribution in [0.25, 0.3) is 0 Å². The van der Waals surface area contributed by atoms with Gasteiger partial charge >= 0.3 is 0 Å². The maximum Gasteiger partial charge on any atom is 0.150 e. The fraction of sp³-hybridized carbons (Fsp3) is 0.231. The van der Waals surface area contributed by atoms with Gasteiger partial charge in [0.05, 0.1) is 5.69 Å². The lowest BCUT2D eigenvalue weighted by Gasteiger charge is -2.29. The molecule has 2 atom stereocenters. The van der Waals surface area contributed by atoms with Crippen LogP contribution in [0.4, 0.5) is 0 Å². The SMILES string of the molecule is OC1Cc2ncccc2OC1c1ccncc1. The summed E-state index contributed by atoms with van der Waals surface area (Å²) in [5.74, 6) is 0.750. The molecule has 1 aliphatic heterocycles. The molecule has 3 heterocycles. The Labute approximate surface area is 98.9 Å². The molecule has 86 valence electrons. The molecule has 2 aromatic rings. The number of ether oxygens (including phenoxy) is 1. The average Bonchev–Trinajstić information content (AvgIpc) is 2.39. The molecule has 0 saturated heterocycles. The van der Waals surface area contributed by atoms with E-state index in [0.29, 0.717) is 6.42 Å². The maximum atomic E-state index is 10.1. The summed E-state index contributed by atoms with van der Waals surface area (Å²) in [5.41, 5.74) is 1.74. The van der Waals surface area contributed by atoms with E-state index in [4.69, 9.17) is 4.74 Å². The molecule has 0 saturated carbocycles. The van der Waals surface area contributed by atoms with Gasteiger partial charge < -0.3 is 9.84 Å². The molecule has 0 radical (unpaired) electrons. The summed E-state index contributed by atoms with van der Waals surface area (Å²) in [4.78, 5) is 8.16. The van der Waals surface area contributed by atoms with Crippen LogP contribution in [0.2, 0.25) is 0 Å². The van der Waals surface area contributed by atoms with Gasteiger partial charge in [-0.05, 0) is 29.8 Å². The predicted molar refractivity (Wildman–Crippen MR) is 61.6 cm³/mol. The van der Waals surface area contributed by atoms with Gasteiger partial charge in [-0.25, -0.2) is 0 Å². The Hall–Kier alpha value is -1.94. The van der Waals surface area contributed by atoms with Gasteiger partial charge in [0.25, 0.3) is 0 Å². The van der Waals surface area contributed by atoms with Gasteiger partial charge in [0, 0.05) is 25.0 Å². The zero-order valence-electron chi connectivity index (χ0n) is 9.15. The molecule has 17 heavy (non-hydrogen) atoms. The molecule has 4 nitrogen and oxygen atoms in total. The van der Waals surface area contributed by atoms with E-state index >= 15 is 0 Å².